The summed E-state index contributed by atoms with van der Waals surface area (Å²) in [4.78, 5) is 29.6. The number of ether oxygens (including phenoxy) is 1. The Morgan fingerprint density at radius 3 is 2.92 bits per heavy atom. The number of hydrogen-bond acceptors (Lipinski definition) is 9. The number of carbonyl (C=O) groups excluding carboxylic acids is 1. The number of carbonyl (C=O) groups is 1. The first kappa shape index (κ1) is 23.7. The summed E-state index contributed by atoms with van der Waals surface area (Å²) >= 11 is 1.07. The number of anilines is 2. The van der Waals surface area contributed by atoms with E-state index in [0.29, 0.717) is 23.3 Å². The molecule has 2 aliphatic rings. The highest BCUT2D eigenvalue weighted by atomic mass is 32.2. The minimum Gasteiger partial charge on any atom is -0.463 e. The molecule has 5 N–H and O–H groups in total. The molecule has 3 heterocycles. The average molecular weight is 510 g/mol. The number of fused-ring (bicyclic) bond motifs is 2. The Labute approximate surface area is 209 Å². The number of aromatic nitrogens is 3. The van der Waals surface area contributed by atoms with Gasteiger partial charge in [-0.1, -0.05) is 17.7 Å². The average Bonchev–Trinajstić information content (AvgIpc) is 3.58. The molecule has 1 aliphatic heterocycles. The maximum absolute atomic E-state index is 15.1. The second kappa shape index (κ2) is 8.60. The number of hydrogen-bond donors (Lipinski definition) is 3. The Bertz CT molecular complexity index is 1510. The summed E-state index contributed by atoms with van der Waals surface area (Å²) in [5.41, 5.74) is 11.4. The van der Waals surface area contributed by atoms with Crippen LogP contribution in [-0.2, 0) is 10.3 Å². The molecule has 0 radical (unpaired) electrons. The molecule has 36 heavy (non-hydrogen) atoms. The molecule has 1 fully saturated rings. The number of benzene rings is 1. The topological polar surface area (TPSA) is 141 Å². The first-order valence-corrected chi connectivity index (χ1v) is 11.7. The van der Waals surface area contributed by atoms with Gasteiger partial charge in [0.25, 0.3) is 0 Å². The maximum atomic E-state index is 15.1. The standard InChI is InChI=1S/C24H21F2N7O2S/c1-3-4-7-35-17-11-30-19-15(32-17)5-6-29-20(19)31-12-8-13(18(26)14(25)9-12)23(2)16-10-24(16,21(27)34)36-22(28)33-23/h5-6,8-9,11,16H,7,10H2,1-2H3,(H2,27,34)(H2,28,33)(H,29,31)/t16-,23+,24-/m0/s1. The van der Waals surface area contributed by atoms with Crippen LogP contribution in [0, 0.1) is 29.4 Å². The van der Waals surface area contributed by atoms with Crippen molar-refractivity contribution in [2.75, 3.05) is 11.9 Å². The molecular weight excluding hydrogens is 488 g/mol. The van der Waals surface area contributed by atoms with Crippen LogP contribution in [0.1, 0.15) is 25.8 Å². The van der Waals surface area contributed by atoms with E-state index in [2.05, 4.69) is 37.1 Å². The van der Waals surface area contributed by atoms with Gasteiger partial charge in [-0.05, 0) is 32.4 Å². The Kier molecular flexibility index (Phi) is 5.67. The molecule has 1 amide bonds. The van der Waals surface area contributed by atoms with Crippen LogP contribution in [0.25, 0.3) is 11.0 Å². The number of primary amides is 1. The first-order chi connectivity index (χ1) is 17.2. The van der Waals surface area contributed by atoms with Gasteiger partial charge in [0.15, 0.2) is 29.2 Å². The molecule has 0 spiro atoms. The Hall–Kier alpha value is -3.98. The highest BCUT2D eigenvalue weighted by molar-refractivity contribution is 8.15. The third-order valence-corrected chi connectivity index (χ3v) is 7.69. The van der Waals surface area contributed by atoms with Crippen LogP contribution in [-0.4, -0.2) is 37.4 Å². The Morgan fingerprint density at radius 2 is 2.17 bits per heavy atom. The largest absolute Gasteiger partial charge is 0.463 e. The molecule has 2 aromatic heterocycles. The van der Waals surface area contributed by atoms with Gasteiger partial charge in [-0.3, -0.25) is 9.79 Å². The van der Waals surface area contributed by atoms with Crippen LogP contribution in [0.5, 0.6) is 5.88 Å². The highest BCUT2D eigenvalue weighted by Gasteiger charge is 2.70. The predicted octanol–water partition coefficient (Wildman–Crippen LogP) is 2.97. The Morgan fingerprint density at radius 1 is 1.36 bits per heavy atom. The van der Waals surface area contributed by atoms with Crippen molar-refractivity contribution in [2.45, 2.75) is 30.6 Å². The number of nitrogens with one attached hydrogen (secondary N) is 1. The van der Waals surface area contributed by atoms with Crippen molar-refractivity contribution in [1.82, 2.24) is 15.0 Å². The van der Waals surface area contributed by atoms with Crippen LogP contribution in [0.3, 0.4) is 0 Å². The molecular formula is C24H21F2N7O2S. The van der Waals surface area contributed by atoms with Crippen molar-refractivity contribution in [3.05, 3.63) is 47.8 Å². The smallest absolute Gasteiger partial charge is 0.234 e. The number of amidine groups is 1. The van der Waals surface area contributed by atoms with Gasteiger partial charge in [0.05, 0.1) is 17.3 Å². The summed E-state index contributed by atoms with van der Waals surface area (Å²) in [7, 11) is 0. The number of nitrogens with two attached hydrogens (primary N) is 2. The summed E-state index contributed by atoms with van der Waals surface area (Å²) in [6, 6.07) is 4.09. The molecule has 184 valence electrons. The molecule has 0 saturated heterocycles. The molecule has 1 aromatic carbocycles. The lowest BCUT2D eigenvalue weighted by molar-refractivity contribution is -0.118. The lowest BCUT2D eigenvalue weighted by Crippen LogP contribution is -2.42. The van der Waals surface area contributed by atoms with E-state index in [1.807, 2.05) is 0 Å². The van der Waals surface area contributed by atoms with E-state index in [0.717, 1.165) is 17.8 Å². The third-order valence-electron chi connectivity index (χ3n) is 6.38. The van der Waals surface area contributed by atoms with Gasteiger partial charge in [-0.25, -0.2) is 23.7 Å². The molecule has 0 unspecified atom stereocenters. The number of halogens is 2. The second-order valence-electron chi connectivity index (χ2n) is 8.61. The summed E-state index contributed by atoms with van der Waals surface area (Å²) in [6.45, 7) is 3.51. The summed E-state index contributed by atoms with van der Waals surface area (Å²) < 4.78 is 34.4. The van der Waals surface area contributed by atoms with Gasteiger partial charge in [-0.2, -0.15) is 0 Å². The summed E-state index contributed by atoms with van der Waals surface area (Å²) in [5.74, 6) is 2.93. The number of thioether (sulfide) groups is 1. The molecule has 5 rings (SSSR count). The lowest BCUT2D eigenvalue weighted by atomic mass is 9.85. The quantitative estimate of drug-likeness (QED) is 0.431. The van der Waals surface area contributed by atoms with Gasteiger partial charge in [0, 0.05) is 29.4 Å². The maximum Gasteiger partial charge on any atom is 0.234 e. The number of nitrogens with zero attached hydrogens (tertiary/aromatic N) is 4. The molecule has 12 heteroatoms. The van der Waals surface area contributed by atoms with Crippen molar-refractivity contribution in [3.63, 3.8) is 0 Å². The van der Waals surface area contributed by atoms with Crippen molar-refractivity contribution >= 4 is 45.4 Å². The van der Waals surface area contributed by atoms with E-state index < -0.39 is 33.7 Å². The van der Waals surface area contributed by atoms with Crippen LogP contribution >= 0.6 is 11.8 Å². The minimum absolute atomic E-state index is 0.0413. The normalized spacial score (nSPS) is 24.2. The van der Waals surface area contributed by atoms with E-state index in [1.165, 1.54) is 18.5 Å². The number of rotatable bonds is 6. The molecule has 9 nitrogen and oxygen atoms in total. The number of aliphatic imine (C=N–C) groups is 1. The molecule has 3 atom stereocenters. The van der Waals surface area contributed by atoms with Crippen molar-refractivity contribution in [1.29, 1.82) is 0 Å². The molecule has 1 saturated carbocycles. The van der Waals surface area contributed by atoms with Crippen LogP contribution in [0.2, 0.25) is 0 Å². The van der Waals surface area contributed by atoms with E-state index in [4.69, 9.17) is 16.2 Å². The molecule has 3 aromatic rings. The first-order valence-electron chi connectivity index (χ1n) is 10.9. The fourth-order valence-corrected chi connectivity index (χ4v) is 5.87. The zero-order valence-corrected chi connectivity index (χ0v) is 20.1. The molecule has 0 bridgehead atoms. The molecule has 1 aliphatic carbocycles. The Balaban J connectivity index is 1.51. The summed E-state index contributed by atoms with van der Waals surface area (Å²) in [5, 5.41) is 3.09. The zero-order valence-electron chi connectivity index (χ0n) is 19.3. The monoisotopic (exact) mass is 509 g/mol. The number of pyridine rings is 1. The zero-order chi connectivity index (χ0) is 25.7. The van der Waals surface area contributed by atoms with Gasteiger partial charge in [0.2, 0.25) is 11.8 Å². The van der Waals surface area contributed by atoms with Gasteiger partial charge in [0.1, 0.15) is 10.3 Å². The third kappa shape index (κ3) is 3.85. The summed E-state index contributed by atoms with van der Waals surface area (Å²) in [6.07, 6.45) is 3.30. The van der Waals surface area contributed by atoms with Crippen molar-refractivity contribution in [3.8, 4) is 17.7 Å². The van der Waals surface area contributed by atoms with E-state index in [1.54, 1.807) is 19.9 Å². The van der Waals surface area contributed by atoms with E-state index >= 15 is 4.39 Å². The number of amides is 1. The van der Waals surface area contributed by atoms with Crippen LogP contribution < -0.4 is 21.5 Å². The van der Waals surface area contributed by atoms with E-state index in [-0.39, 0.29) is 28.8 Å². The van der Waals surface area contributed by atoms with Gasteiger partial charge in [-0.15, -0.1) is 5.92 Å². The van der Waals surface area contributed by atoms with Crippen LogP contribution in [0.15, 0.2) is 35.6 Å². The lowest BCUT2D eigenvalue weighted by Gasteiger charge is -2.33. The SMILES string of the molecule is CC#CCOc1cnc2c(Nc3cc(F)c(F)c([C@@]4(C)N=C(N)S[C@@]5(C(N)=O)C[C@H]54)c3)nccc2n1. The highest BCUT2D eigenvalue weighted by Crippen LogP contribution is 2.65. The van der Waals surface area contributed by atoms with E-state index in [9.17, 15) is 9.18 Å². The van der Waals surface area contributed by atoms with Gasteiger partial charge < -0.3 is 21.5 Å². The predicted molar refractivity (Wildman–Crippen MR) is 133 cm³/mol. The second-order valence-corrected chi connectivity index (χ2v) is 9.96. The fourth-order valence-electron chi connectivity index (χ4n) is 4.53. The fraction of sp³-hybridized carbons (Fsp3) is 0.292. The van der Waals surface area contributed by atoms with Gasteiger partial charge >= 0.3 is 0 Å². The van der Waals surface area contributed by atoms with Crippen LogP contribution in [0.4, 0.5) is 20.3 Å². The van der Waals surface area contributed by atoms with Crippen molar-refractivity contribution in [2.24, 2.45) is 22.4 Å². The van der Waals surface area contributed by atoms with Crippen molar-refractivity contribution < 1.29 is 18.3 Å². The minimum atomic E-state index is -1.29.